The molecule has 0 aromatic heterocycles. The summed E-state index contributed by atoms with van der Waals surface area (Å²) in [5, 5.41) is 7.03. The molecule has 1 aliphatic rings. The third-order valence-electron chi connectivity index (χ3n) is 4.72. The highest BCUT2D eigenvalue weighted by atomic mass is 127. The molecule has 1 fully saturated rings. The number of halogens is 1. The van der Waals surface area contributed by atoms with Crippen LogP contribution < -0.4 is 10.6 Å². The highest BCUT2D eigenvalue weighted by Crippen LogP contribution is 2.15. The number of aliphatic imine (C=N–C) groups is 1. The van der Waals surface area contributed by atoms with Crippen LogP contribution in [0.5, 0.6) is 0 Å². The van der Waals surface area contributed by atoms with Crippen LogP contribution in [0.2, 0.25) is 0 Å². The largest absolute Gasteiger partial charge is 0.383 e. The molecule has 2 N–H and O–H groups in total. The zero-order chi connectivity index (χ0) is 16.9. The van der Waals surface area contributed by atoms with Crippen molar-refractivity contribution in [1.29, 1.82) is 0 Å². The molecule has 1 atom stereocenters. The lowest BCUT2D eigenvalue weighted by Crippen LogP contribution is -2.45. The topological polar surface area (TPSA) is 48.9 Å². The van der Waals surface area contributed by atoms with Crippen LogP contribution in [0.15, 0.2) is 4.99 Å². The third kappa shape index (κ3) is 10.7. The zero-order valence-electron chi connectivity index (χ0n) is 16.1. The lowest BCUT2D eigenvalue weighted by molar-refractivity contribution is 0.121. The number of nitrogens with one attached hydrogen (secondary N) is 2. The molecule has 1 saturated heterocycles. The smallest absolute Gasteiger partial charge is 0.191 e. The van der Waals surface area contributed by atoms with E-state index in [1.807, 2.05) is 7.05 Å². The second kappa shape index (κ2) is 15.2. The minimum atomic E-state index is 0. The highest BCUT2D eigenvalue weighted by Gasteiger charge is 2.19. The van der Waals surface area contributed by atoms with Gasteiger partial charge in [0.2, 0.25) is 0 Å². The van der Waals surface area contributed by atoms with Crippen molar-refractivity contribution in [3.8, 4) is 0 Å². The van der Waals surface area contributed by atoms with Crippen molar-refractivity contribution in [2.45, 2.75) is 58.4 Å². The van der Waals surface area contributed by atoms with E-state index in [9.17, 15) is 0 Å². The molecular formula is C18H39IN4O. The number of methoxy groups -OCH3 is 1. The Balaban J connectivity index is 0.00000529. The van der Waals surface area contributed by atoms with Gasteiger partial charge in [-0.25, -0.2) is 0 Å². The van der Waals surface area contributed by atoms with E-state index in [1.165, 1.54) is 51.6 Å². The number of likely N-dealkylation sites (tertiary alicyclic amines) is 1. The first kappa shape index (κ1) is 23.9. The van der Waals surface area contributed by atoms with Crippen LogP contribution in [0.1, 0.15) is 52.4 Å². The fraction of sp³-hybridized carbons (Fsp3) is 0.944. The SMILES string of the molecule is CCCCCC(C)NC(=NC)NCC1CCN(CCOC)CC1.I. The zero-order valence-corrected chi connectivity index (χ0v) is 18.5. The lowest BCUT2D eigenvalue weighted by Gasteiger charge is -2.32. The molecule has 144 valence electrons. The highest BCUT2D eigenvalue weighted by molar-refractivity contribution is 14.0. The van der Waals surface area contributed by atoms with E-state index in [1.54, 1.807) is 7.11 Å². The Kier molecular flexibility index (Phi) is 15.1. The Morgan fingerprint density at radius 2 is 2.00 bits per heavy atom. The Morgan fingerprint density at radius 1 is 1.29 bits per heavy atom. The van der Waals surface area contributed by atoms with Crippen molar-refractivity contribution in [1.82, 2.24) is 15.5 Å². The summed E-state index contributed by atoms with van der Waals surface area (Å²) in [5.41, 5.74) is 0. The van der Waals surface area contributed by atoms with Crippen molar-refractivity contribution >= 4 is 29.9 Å². The minimum Gasteiger partial charge on any atom is -0.383 e. The van der Waals surface area contributed by atoms with Crippen molar-refractivity contribution < 1.29 is 4.74 Å². The number of nitrogens with zero attached hydrogens (tertiary/aromatic N) is 2. The van der Waals surface area contributed by atoms with Crippen molar-refractivity contribution in [2.75, 3.05) is 46.9 Å². The van der Waals surface area contributed by atoms with E-state index < -0.39 is 0 Å². The maximum atomic E-state index is 5.16. The summed E-state index contributed by atoms with van der Waals surface area (Å²) in [7, 11) is 3.64. The van der Waals surface area contributed by atoms with E-state index in [2.05, 4.69) is 34.4 Å². The summed E-state index contributed by atoms with van der Waals surface area (Å²) in [4.78, 5) is 6.87. The van der Waals surface area contributed by atoms with Gasteiger partial charge in [0.05, 0.1) is 6.61 Å². The molecule has 0 radical (unpaired) electrons. The van der Waals surface area contributed by atoms with E-state index in [4.69, 9.17) is 4.74 Å². The molecule has 0 aromatic rings. The Bertz CT molecular complexity index is 320. The van der Waals surface area contributed by atoms with Crippen molar-refractivity contribution in [3.05, 3.63) is 0 Å². The van der Waals surface area contributed by atoms with Crippen molar-refractivity contribution in [3.63, 3.8) is 0 Å². The average molecular weight is 454 g/mol. The minimum absolute atomic E-state index is 0. The first-order chi connectivity index (χ1) is 11.2. The summed E-state index contributed by atoms with van der Waals surface area (Å²) in [6.45, 7) is 9.81. The summed E-state index contributed by atoms with van der Waals surface area (Å²) >= 11 is 0. The van der Waals surface area contributed by atoms with Gasteiger partial charge >= 0.3 is 0 Å². The number of unbranched alkanes of at least 4 members (excludes halogenated alkanes) is 2. The first-order valence-corrected chi connectivity index (χ1v) is 9.38. The van der Waals surface area contributed by atoms with Crippen LogP contribution in [-0.2, 0) is 4.74 Å². The monoisotopic (exact) mass is 454 g/mol. The average Bonchev–Trinajstić information content (AvgIpc) is 2.58. The first-order valence-electron chi connectivity index (χ1n) is 9.38. The van der Waals surface area contributed by atoms with E-state index in [-0.39, 0.29) is 24.0 Å². The van der Waals surface area contributed by atoms with Crippen LogP contribution >= 0.6 is 24.0 Å². The van der Waals surface area contributed by atoms with E-state index >= 15 is 0 Å². The van der Waals surface area contributed by atoms with E-state index in [0.29, 0.717) is 6.04 Å². The fourth-order valence-electron chi connectivity index (χ4n) is 3.08. The maximum absolute atomic E-state index is 5.16. The van der Waals surface area contributed by atoms with Gasteiger partial charge in [-0.2, -0.15) is 0 Å². The van der Waals surface area contributed by atoms with Crippen LogP contribution in [-0.4, -0.2) is 63.8 Å². The number of hydrogen-bond acceptors (Lipinski definition) is 3. The molecule has 1 aliphatic heterocycles. The van der Waals surface area contributed by atoms with Gasteiger partial charge in [0.15, 0.2) is 5.96 Å². The predicted octanol–water partition coefficient (Wildman–Crippen LogP) is 3.10. The van der Waals surface area contributed by atoms with Crippen molar-refractivity contribution in [2.24, 2.45) is 10.9 Å². The summed E-state index contributed by atoms with van der Waals surface area (Å²) in [6, 6.07) is 0.489. The molecule has 24 heavy (non-hydrogen) atoms. The second-order valence-electron chi connectivity index (χ2n) is 6.77. The molecule has 1 heterocycles. The number of ether oxygens (including phenoxy) is 1. The van der Waals surface area contributed by atoms with Gasteiger partial charge < -0.3 is 20.3 Å². The quantitative estimate of drug-likeness (QED) is 0.231. The van der Waals surface area contributed by atoms with Crippen LogP contribution in [0.25, 0.3) is 0 Å². The van der Waals surface area contributed by atoms with Gasteiger partial charge in [0.1, 0.15) is 0 Å². The molecule has 6 heteroatoms. The summed E-state index contributed by atoms with van der Waals surface area (Å²) < 4.78 is 5.16. The molecule has 0 saturated carbocycles. The molecule has 0 aromatic carbocycles. The number of piperidine rings is 1. The Hall–Kier alpha value is -0.0800. The van der Waals surface area contributed by atoms with Gasteiger partial charge in [-0.1, -0.05) is 26.2 Å². The van der Waals surface area contributed by atoms with Gasteiger partial charge in [0.25, 0.3) is 0 Å². The van der Waals surface area contributed by atoms with E-state index in [0.717, 1.165) is 31.6 Å². The molecule has 1 rings (SSSR count). The molecule has 0 amide bonds. The van der Waals surface area contributed by atoms with Gasteiger partial charge in [-0.05, 0) is 45.2 Å². The van der Waals surface area contributed by atoms with Gasteiger partial charge in [0, 0.05) is 33.3 Å². The third-order valence-corrected chi connectivity index (χ3v) is 4.72. The predicted molar refractivity (Wildman–Crippen MR) is 115 cm³/mol. The summed E-state index contributed by atoms with van der Waals surface area (Å²) in [5.74, 6) is 1.71. The lowest BCUT2D eigenvalue weighted by atomic mass is 9.97. The van der Waals surface area contributed by atoms with Gasteiger partial charge in [-0.3, -0.25) is 4.99 Å². The van der Waals surface area contributed by atoms with Crippen LogP contribution in [0, 0.1) is 5.92 Å². The molecule has 1 unspecified atom stereocenters. The number of rotatable bonds is 10. The number of hydrogen-bond donors (Lipinski definition) is 2. The molecule has 0 spiro atoms. The fourth-order valence-corrected chi connectivity index (χ4v) is 3.08. The molecule has 0 bridgehead atoms. The van der Waals surface area contributed by atoms with Crippen LogP contribution in [0.4, 0.5) is 0 Å². The summed E-state index contributed by atoms with van der Waals surface area (Å²) in [6.07, 6.45) is 7.63. The van der Waals surface area contributed by atoms with Gasteiger partial charge in [-0.15, -0.1) is 24.0 Å². The van der Waals surface area contributed by atoms with Crippen LogP contribution in [0.3, 0.4) is 0 Å². The molecule has 5 nitrogen and oxygen atoms in total. The Labute approximate surface area is 166 Å². The molecule has 0 aliphatic carbocycles. The normalized spacial score (nSPS) is 18.1. The number of guanidine groups is 1. The second-order valence-corrected chi connectivity index (χ2v) is 6.77. The standard InChI is InChI=1S/C18H38N4O.HI/c1-5-6-7-8-16(2)21-18(19-3)20-15-17-9-11-22(12-10-17)13-14-23-4;/h16-17H,5-15H2,1-4H3,(H2,19,20,21);1H. The molecular weight excluding hydrogens is 415 g/mol. The Morgan fingerprint density at radius 3 is 2.58 bits per heavy atom. The maximum Gasteiger partial charge on any atom is 0.191 e.